The molecule has 0 N–H and O–H groups in total. The largest absolute Gasteiger partial charge is 0.401 e. The third-order valence-electron chi connectivity index (χ3n) is 5.25. The summed E-state index contributed by atoms with van der Waals surface area (Å²) in [5.74, 6) is 2.15. The van der Waals surface area contributed by atoms with Crippen molar-refractivity contribution in [3.05, 3.63) is 0 Å². The number of rotatable bonds is 5. The van der Waals surface area contributed by atoms with E-state index in [1.54, 1.807) is 0 Å². The second-order valence-corrected chi connectivity index (χ2v) is 12.1. The van der Waals surface area contributed by atoms with Crippen LogP contribution >= 0.6 is 0 Å². The van der Waals surface area contributed by atoms with Crippen LogP contribution in [0.3, 0.4) is 0 Å². The molecule has 0 aromatic rings. The van der Waals surface area contributed by atoms with E-state index in [4.69, 9.17) is 10.8 Å². The molecule has 0 amide bonds. The van der Waals surface area contributed by atoms with Crippen molar-refractivity contribution in [2.75, 3.05) is 0 Å². The fourth-order valence-electron chi connectivity index (χ4n) is 3.81. The fraction of sp³-hybridized carbons (Fsp3) is 0.889. The summed E-state index contributed by atoms with van der Waals surface area (Å²) in [6, 6.07) is 0. The molecule has 1 aliphatic carbocycles. The van der Waals surface area contributed by atoms with Gasteiger partial charge in [-0.05, 0) is 41.7 Å². The van der Waals surface area contributed by atoms with Crippen molar-refractivity contribution in [1.29, 1.82) is 0 Å². The molecule has 3 atom stereocenters. The van der Waals surface area contributed by atoms with Gasteiger partial charge in [0, 0.05) is 6.10 Å². The quantitative estimate of drug-likeness (QED) is 0.487. The lowest BCUT2D eigenvalue weighted by atomic mass is 9.75. The summed E-state index contributed by atoms with van der Waals surface area (Å²) in [4.78, 5) is 0. The van der Waals surface area contributed by atoms with E-state index in [9.17, 15) is 0 Å². The molecule has 0 aromatic carbocycles. The molecule has 1 saturated carbocycles. The van der Waals surface area contributed by atoms with Crippen molar-refractivity contribution in [3.63, 3.8) is 0 Å². The molecule has 1 nitrogen and oxygen atoms in total. The molecule has 1 rings (SSSR count). The highest BCUT2D eigenvalue weighted by Crippen LogP contribution is 2.41. The van der Waals surface area contributed by atoms with Crippen LogP contribution < -0.4 is 0 Å². The molecule has 0 spiro atoms. The van der Waals surface area contributed by atoms with E-state index in [1.807, 2.05) is 0 Å². The van der Waals surface area contributed by atoms with Crippen LogP contribution in [0, 0.1) is 29.7 Å². The first-order valence-corrected chi connectivity index (χ1v) is 10.5. The topological polar surface area (TPSA) is 9.23 Å². The average Bonchev–Trinajstić information content (AvgIpc) is 2.34. The second-order valence-electron chi connectivity index (χ2n) is 7.73. The highest BCUT2D eigenvalue weighted by molar-refractivity contribution is 6.84. The van der Waals surface area contributed by atoms with Gasteiger partial charge in [0.15, 0.2) is 0 Å². The van der Waals surface area contributed by atoms with Crippen LogP contribution in [0.1, 0.15) is 67.7 Å². The van der Waals surface area contributed by atoms with Crippen LogP contribution in [0.5, 0.6) is 0 Å². The number of hydrogen-bond acceptors (Lipinski definition) is 1. The lowest BCUT2D eigenvalue weighted by Gasteiger charge is -2.44. The second kappa shape index (κ2) is 7.14. The third kappa shape index (κ3) is 3.68. The summed E-state index contributed by atoms with van der Waals surface area (Å²) in [6.07, 6.45) is 10.2. The summed E-state index contributed by atoms with van der Waals surface area (Å²) in [5.41, 5.74) is 4.12. The Hall–Kier alpha value is -0.263. The number of terminal acetylenes is 1. The molecule has 1 fully saturated rings. The van der Waals surface area contributed by atoms with Gasteiger partial charge < -0.3 is 4.43 Å². The van der Waals surface area contributed by atoms with Gasteiger partial charge >= 0.3 is 0 Å². The van der Waals surface area contributed by atoms with Crippen LogP contribution in [0.4, 0.5) is 0 Å². The molecule has 0 radical (unpaired) electrons. The molecule has 0 saturated heterocycles. The maximum Gasteiger partial charge on any atom is 0.276 e. The van der Waals surface area contributed by atoms with E-state index < -0.39 is 8.32 Å². The Morgan fingerprint density at radius 3 is 2.00 bits per heavy atom. The maximum atomic E-state index is 6.80. The Morgan fingerprint density at radius 1 is 1.05 bits per heavy atom. The summed E-state index contributed by atoms with van der Waals surface area (Å²) in [5, 5.41) is 0. The van der Waals surface area contributed by atoms with Crippen molar-refractivity contribution < 1.29 is 4.43 Å². The molecule has 0 bridgehead atoms. The van der Waals surface area contributed by atoms with E-state index in [0.29, 0.717) is 29.0 Å². The summed E-state index contributed by atoms with van der Waals surface area (Å²) >= 11 is 0. The van der Waals surface area contributed by atoms with Crippen molar-refractivity contribution in [2.45, 2.75) is 84.9 Å². The number of hydrogen-bond donors (Lipinski definition) is 0. The molecule has 1 aliphatic rings. The first kappa shape index (κ1) is 17.8. The van der Waals surface area contributed by atoms with Gasteiger partial charge in [-0.1, -0.05) is 54.9 Å². The molecule has 0 unspecified atom stereocenters. The van der Waals surface area contributed by atoms with Gasteiger partial charge in [0.25, 0.3) is 8.32 Å². The van der Waals surface area contributed by atoms with Crippen LogP contribution in [0.25, 0.3) is 0 Å². The van der Waals surface area contributed by atoms with Gasteiger partial charge in [0.2, 0.25) is 0 Å². The van der Waals surface area contributed by atoms with Crippen molar-refractivity contribution in [3.8, 4) is 12.0 Å². The standard InChI is InChI=1S/C18H34OSi/c1-9-20(14(4)5,15(6)7)19-18-12-16(8)10-11-17(18)13(2)3/h1,13-18H,10-12H2,2-8H3/t16-,17+,18-/m1/s1. The van der Waals surface area contributed by atoms with Crippen LogP contribution in [-0.2, 0) is 4.43 Å². The van der Waals surface area contributed by atoms with Gasteiger partial charge in [-0.3, -0.25) is 0 Å². The predicted octanol–water partition coefficient (Wildman–Crippen LogP) is 5.40. The van der Waals surface area contributed by atoms with E-state index in [-0.39, 0.29) is 0 Å². The molecule has 116 valence electrons. The zero-order valence-electron chi connectivity index (χ0n) is 14.6. The molecule has 0 aliphatic heterocycles. The molecule has 0 aromatic heterocycles. The molecular weight excluding hydrogens is 260 g/mol. The highest BCUT2D eigenvalue weighted by atomic mass is 28.4. The van der Waals surface area contributed by atoms with Gasteiger partial charge in [-0.25, -0.2) is 0 Å². The van der Waals surface area contributed by atoms with E-state index in [1.165, 1.54) is 19.3 Å². The zero-order chi connectivity index (χ0) is 15.5. The third-order valence-corrected chi connectivity index (χ3v) is 9.82. The Balaban J connectivity index is 2.98. The zero-order valence-corrected chi connectivity index (χ0v) is 15.6. The minimum absolute atomic E-state index is 0.381. The predicted molar refractivity (Wildman–Crippen MR) is 91.0 cm³/mol. The van der Waals surface area contributed by atoms with Gasteiger partial charge in [0.05, 0.1) is 0 Å². The summed E-state index contributed by atoms with van der Waals surface area (Å²) < 4.78 is 6.80. The minimum Gasteiger partial charge on any atom is -0.401 e. The van der Waals surface area contributed by atoms with Gasteiger partial charge in [-0.15, -0.1) is 12.0 Å². The van der Waals surface area contributed by atoms with Gasteiger partial charge in [-0.2, -0.15) is 0 Å². The Kier molecular flexibility index (Phi) is 6.35. The average molecular weight is 295 g/mol. The Labute approximate surface area is 128 Å². The van der Waals surface area contributed by atoms with E-state index in [2.05, 4.69) is 54.0 Å². The van der Waals surface area contributed by atoms with Crippen molar-refractivity contribution >= 4 is 8.32 Å². The van der Waals surface area contributed by atoms with E-state index in [0.717, 1.165) is 5.92 Å². The lowest BCUT2D eigenvalue weighted by molar-refractivity contribution is 0.0370. The normalized spacial score (nSPS) is 28.1. The summed E-state index contributed by atoms with van der Waals surface area (Å²) in [7, 11) is -2.10. The van der Waals surface area contributed by atoms with Crippen LogP contribution in [0.15, 0.2) is 0 Å². The summed E-state index contributed by atoms with van der Waals surface area (Å²) in [6.45, 7) is 16.0. The first-order chi connectivity index (χ1) is 9.24. The minimum atomic E-state index is -2.10. The monoisotopic (exact) mass is 294 g/mol. The Bertz CT molecular complexity index is 332. The lowest BCUT2D eigenvalue weighted by Crippen LogP contribution is -2.50. The molecular formula is C18H34OSi. The smallest absolute Gasteiger partial charge is 0.276 e. The van der Waals surface area contributed by atoms with Crippen LogP contribution in [0.2, 0.25) is 11.1 Å². The maximum absolute atomic E-state index is 6.80. The fourth-order valence-corrected chi connectivity index (χ4v) is 7.19. The highest BCUT2D eigenvalue weighted by Gasteiger charge is 2.45. The molecule has 0 heterocycles. The first-order valence-electron chi connectivity index (χ1n) is 8.40. The van der Waals surface area contributed by atoms with Crippen LogP contribution in [-0.4, -0.2) is 14.4 Å². The van der Waals surface area contributed by atoms with E-state index >= 15 is 0 Å². The SMILES string of the molecule is C#C[Si](O[C@@H]1C[C@H](C)CC[C@H]1C(C)C)(C(C)C)C(C)C. The Morgan fingerprint density at radius 2 is 1.60 bits per heavy atom. The molecule has 2 heteroatoms. The van der Waals surface area contributed by atoms with Crippen molar-refractivity contribution in [1.82, 2.24) is 0 Å². The van der Waals surface area contributed by atoms with Crippen molar-refractivity contribution in [2.24, 2.45) is 17.8 Å². The molecule has 20 heavy (non-hydrogen) atoms. The van der Waals surface area contributed by atoms with Gasteiger partial charge in [0.1, 0.15) is 0 Å².